The molecule has 0 radical (unpaired) electrons. The van der Waals surface area contributed by atoms with E-state index < -0.39 is 29.8 Å². The van der Waals surface area contributed by atoms with Gasteiger partial charge < -0.3 is 9.64 Å². The molecule has 120 valence electrons. The van der Waals surface area contributed by atoms with Gasteiger partial charge in [-0.25, -0.2) is 4.79 Å². The molecular weight excluding hydrogens is 289 g/mol. The molecule has 0 aromatic heterocycles. The molecule has 1 aliphatic rings. The minimum absolute atomic E-state index is 0.0648. The molecule has 0 saturated carbocycles. The number of halogens is 3. The van der Waals surface area contributed by atoms with Gasteiger partial charge in [0.25, 0.3) is 0 Å². The number of rotatable bonds is 2. The van der Waals surface area contributed by atoms with E-state index in [1.54, 1.807) is 20.8 Å². The van der Waals surface area contributed by atoms with Crippen LogP contribution in [0, 0.1) is 5.92 Å². The maximum Gasteiger partial charge on any atom is 0.410 e. The molecule has 1 rings (SSSR count). The molecule has 6 nitrogen and oxygen atoms in total. The molecule has 0 unspecified atom stereocenters. The van der Waals surface area contributed by atoms with Crippen molar-refractivity contribution in [3.05, 3.63) is 10.4 Å². The van der Waals surface area contributed by atoms with E-state index in [1.165, 1.54) is 4.90 Å². The minimum Gasteiger partial charge on any atom is -0.444 e. The summed E-state index contributed by atoms with van der Waals surface area (Å²) in [6, 6.07) is -0.795. The van der Waals surface area contributed by atoms with Gasteiger partial charge in [0, 0.05) is 24.0 Å². The molecule has 1 saturated heterocycles. The number of likely N-dealkylation sites (tertiary alicyclic amines) is 1. The average Bonchev–Trinajstić information content (AvgIpc) is 2.32. The smallest absolute Gasteiger partial charge is 0.410 e. The Balaban J connectivity index is 2.83. The van der Waals surface area contributed by atoms with E-state index in [0.29, 0.717) is 0 Å². The van der Waals surface area contributed by atoms with Crippen molar-refractivity contribution < 1.29 is 22.7 Å². The highest BCUT2D eigenvalue weighted by Gasteiger charge is 2.45. The van der Waals surface area contributed by atoms with E-state index in [2.05, 4.69) is 10.0 Å². The van der Waals surface area contributed by atoms with Crippen LogP contribution in [0.15, 0.2) is 5.11 Å². The molecule has 0 N–H and O–H groups in total. The topological polar surface area (TPSA) is 78.3 Å². The first kappa shape index (κ1) is 17.4. The molecule has 1 aliphatic heterocycles. The van der Waals surface area contributed by atoms with Crippen LogP contribution in [0.25, 0.3) is 10.4 Å². The first-order chi connectivity index (χ1) is 9.54. The first-order valence-electron chi connectivity index (χ1n) is 6.62. The van der Waals surface area contributed by atoms with Crippen molar-refractivity contribution in [1.29, 1.82) is 0 Å². The number of amides is 1. The molecular formula is C12H19F3N4O2. The van der Waals surface area contributed by atoms with Gasteiger partial charge >= 0.3 is 12.3 Å². The minimum atomic E-state index is -4.31. The number of carbonyl (C=O) groups excluding carboxylic acids is 1. The van der Waals surface area contributed by atoms with Crippen LogP contribution in [0.1, 0.15) is 33.6 Å². The summed E-state index contributed by atoms with van der Waals surface area (Å²) in [4.78, 5) is 15.8. The van der Waals surface area contributed by atoms with Gasteiger partial charge in [0.1, 0.15) is 5.60 Å². The van der Waals surface area contributed by atoms with E-state index in [-0.39, 0.29) is 25.9 Å². The maximum atomic E-state index is 12.8. The second-order valence-corrected chi connectivity index (χ2v) is 6.00. The van der Waals surface area contributed by atoms with Gasteiger partial charge in [-0.15, -0.1) is 0 Å². The molecule has 9 heteroatoms. The third-order valence-electron chi connectivity index (χ3n) is 3.16. The van der Waals surface area contributed by atoms with Crippen LogP contribution in [-0.2, 0) is 4.74 Å². The maximum absolute atomic E-state index is 12.8. The lowest BCUT2D eigenvalue weighted by Gasteiger charge is -2.39. The molecule has 0 spiro atoms. The monoisotopic (exact) mass is 308 g/mol. The fraction of sp³-hybridized carbons (Fsp3) is 0.917. The summed E-state index contributed by atoms with van der Waals surface area (Å²) in [5.74, 6) is -1.49. The molecule has 0 bridgehead atoms. The van der Waals surface area contributed by atoms with E-state index in [9.17, 15) is 18.0 Å². The summed E-state index contributed by atoms with van der Waals surface area (Å²) in [6.45, 7) is 4.77. The zero-order valence-corrected chi connectivity index (χ0v) is 12.2. The lowest BCUT2D eigenvalue weighted by atomic mass is 9.90. The van der Waals surface area contributed by atoms with Crippen LogP contribution in [0.4, 0.5) is 18.0 Å². The fourth-order valence-electron chi connectivity index (χ4n) is 2.21. The summed E-state index contributed by atoms with van der Waals surface area (Å²) in [6.07, 6.45) is -5.44. The molecule has 1 heterocycles. The number of hydrogen-bond donors (Lipinski definition) is 0. The van der Waals surface area contributed by atoms with Crippen molar-refractivity contribution in [2.75, 3.05) is 13.1 Å². The fourth-order valence-corrected chi connectivity index (χ4v) is 2.21. The number of alkyl halides is 3. The number of azide groups is 1. The quantitative estimate of drug-likeness (QED) is 0.441. The predicted octanol–water partition coefficient (Wildman–Crippen LogP) is 3.87. The lowest BCUT2D eigenvalue weighted by molar-refractivity contribution is -0.188. The Hall–Kier alpha value is -1.63. The molecule has 0 aliphatic carbocycles. The molecule has 0 aromatic rings. The Kier molecular flexibility index (Phi) is 5.33. The standard InChI is InChI=1S/C12H19F3N4O2/c1-11(2,3)21-10(20)19-5-4-8(12(13,14)15)6-9(19)7-17-18-16/h8-9H,4-7H2,1-3H3/t8-,9+/m1/s1. The first-order valence-corrected chi connectivity index (χ1v) is 6.62. The molecule has 1 fully saturated rings. The van der Waals surface area contributed by atoms with Crippen LogP contribution in [-0.4, -0.2) is 41.9 Å². The summed E-state index contributed by atoms with van der Waals surface area (Å²) in [7, 11) is 0. The van der Waals surface area contributed by atoms with Gasteiger partial charge in [-0.1, -0.05) is 5.11 Å². The second kappa shape index (κ2) is 6.43. The highest BCUT2D eigenvalue weighted by Crippen LogP contribution is 2.37. The molecule has 21 heavy (non-hydrogen) atoms. The van der Waals surface area contributed by atoms with Crippen molar-refractivity contribution in [3.63, 3.8) is 0 Å². The van der Waals surface area contributed by atoms with Gasteiger partial charge in [0.05, 0.1) is 5.92 Å². The van der Waals surface area contributed by atoms with E-state index in [4.69, 9.17) is 10.3 Å². The van der Waals surface area contributed by atoms with E-state index in [0.717, 1.165) is 0 Å². The number of carbonyl (C=O) groups is 1. The highest BCUT2D eigenvalue weighted by molar-refractivity contribution is 5.68. The van der Waals surface area contributed by atoms with Gasteiger partial charge in [-0.2, -0.15) is 13.2 Å². The van der Waals surface area contributed by atoms with Crippen LogP contribution in [0.2, 0.25) is 0 Å². The van der Waals surface area contributed by atoms with Crippen molar-refractivity contribution >= 4 is 6.09 Å². The Labute approximate surface area is 120 Å². The zero-order valence-electron chi connectivity index (χ0n) is 12.2. The summed E-state index contributed by atoms with van der Waals surface area (Å²) in [5.41, 5.74) is 7.60. The van der Waals surface area contributed by atoms with Gasteiger partial charge in [0.2, 0.25) is 0 Å². The van der Waals surface area contributed by atoms with Crippen molar-refractivity contribution in [3.8, 4) is 0 Å². The second-order valence-electron chi connectivity index (χ2n) is 6.00. The van der Waals surface area contributed by atoms with E-state index >= 15 is 0 Å². The summed E-state index contributed by atoms with van der Waals surface area (Å²) in [5, 5.41) is 3.30. The van der Waals surface area contributed by atoms with Gasteiger partial charge in [-0.05, 0) is 39.1 Å². The lowest BCUT2D eigenvalue weighted by Crippen LogP contribution is -2.51. The van der Waals surface area contributed by atoms with Crippen LogP contribution in [0.3, 0.4) is 0 Å². The predicted molar refractivity (Wildman–Crippen MR) is 69.5 cm³/mol. The Morgan fingerprint density at radius 1 is 1.43 bits per heavy atom. The van der Waals surface area contributed by atoms with Crippen LogP contribution >= 0.6 is 0 Å². The van der Waals surface area contributed by atoms with E-state index in [1.807, 2.05) is 0 Å². The largest absolute Gasteiger partial charge is 0.444 e. The number of hydrogen-bond acceptors (Lipinski definition) is 3. The number of piperidine rings is 1. The molecule has 0 aromatic carbocycles. The Morgan fingerprint density at radius 2 is 2.05 bits per heavy atom. The van der Waals surface area contributed by atoms with Crippen LogP contribution < -0.4 is 0 Å². The Morgan fingerprint density at radius 3 is 2.52 bits per heavy atom. The molecule has 2 atom stereocenters. The average molecular weight is 308 g/mol. The summed E-state index contributed by atoms with van der Waals surface area (Å²) >= 11 is 0. The normalized spacial score (nSPS) is 23.4. The Bertz CT molecular complexity index is 427. The zero-order chi connectivity index (χ0) is 16.3. The van der Waals surface area contributed by atoms with Crippen molar-refractivity contribution in [1.82, 2.24) is 4.90 Å². The van der Waals surface area contributed by atoms with Gasteiger partial charge in [-0.3, -0.25) is 0 Å². The third-order valence-corrected chi connectivity index (χ3v) is 3.16. The third kappa shape index (κ3) is 5.34. The van der Waals surface area contributed by atoms with Crippen molar-refractivity contribution in [2.45, 2.75) is 51.4 Å². The molecule has 1 amide bonds. The number of ether oxygens (including phenoxy) is 1. The van der Waals surface area contributed by atoms with Crippen molar-refractivity contribution in [2.24, 2.45) is 11.0 Å². The SMILES string of the molecule is CC(C)(C)OC(=O)N1CC[C@@H](C(F)(F)F)C[C@H]1CN=[N+]=[N-]. The van der Waals surface area contributed by atoms with Gasteiger partial charge in [0.15, 0.2) is 0 Å². The summed E-state index contributed by atoms with van der Waals surface area (Å²) < 4.78 is 43.6. The highest BCUT2D eigenvalue weighted by atomic mass is 19.4. The number of nitrogens with zero attached hydrogens (tertiary/aromatic N) is 4. The van der Waals surface area contributed by atoms with Crippen LogP contribution in [0.5, 0.6) is 0 Å².